The summed E-state index contributed by atoms with van der Waals surface area (Å²) in [6.45, 7) is 7.48. The molecule has 10 heteroatoms. The second-order valence-corrected chi connectivity index (χ2v) is 9.72. The van der Waals surface area contributed by atoms with Crippen LogP contribution >= 0.6 is 23.1 Å². The maximum atomic E-state index is 12.5. The van der Waals surface area contributed by atoms with Gasteiger partial charge < -0.3 is 15.4 Å². The normalized spacial score (nSPS) is 15.9. The van der Waals surface area contributed by atoms with Gasteiger partial charge in [-0.15, -0.1) is 10.2 Å². The highest BCUT2D eigenvalue weighted by atomic mass is 32.2. The van der Waals surface area contributed by atoms with Crippen LogP contribution in [0.2, 0.25) is 0 Å². The predicted molar refractivity (Wildman–Crippen MR) is 125 cm³/mol. The Balaban J connectivity index is 1.31. The zero-order valence-corrected chi connectivity index (χ0v) is 19.5. The summed E-state index contributed by atoms with van der Waals surface area (Å²) in [6.07, 6.45) is 2.44. The second-order valence-electron chi connectivity index (χ2n) is 7.52. The number of rotatable bonds is 8. The first-order valence-electron chi connectivity index (χ1n) is 10.2. The Morgan fingerprint density at radius 3 is 2.81 bits per heavy atom. The standard InChI is InChI=1S/C21H26N6O2S2/c1-13-6-8-16(9-7-13)27-15(3)19(14(2)26-27)23-18(28)12-30-21-25-24-20(31-21)22-11-17-5-4-10-29-17/h6-9,17H,4-5,10-12H2,1-3H3,(H,22,24)(H,23,28)/t17-/m1/s1. The molecule has 1 fully saturated rings. The van der Waals surface area contributed by atoms with E-state index in [1.54, 1.807) is 0 Å². The minimum absolute atomic E-state index is 0.0938. The van der Waals surface area contributed by atoms with Gasteiger partial charge in [0, 0.05) is 13.2 Å². The van der Waals surface area contributed by atoms with Gasteiger partial charge >= 0.3 is 0 Å². The van der Waals surface area contributed by atoms with E-state index in [1.165, 1.54) is 28.7 Å². The largest absolute Gasteiger partial charge is 0.376 e. The number of carbonyl (C=O) groups is 1. The Labute approximate surface area is 189 Å². The van der Waals surface area contributed by atoms with E-state index in [0.717, 1.165) is 58.2 Å². The summed E-state index contributed by atoms with van der Waals surface area (Å²) in [6, 6.07) is 8.14. The van der Waals surface area contributed by atoms with Gasteiger partial charge in [0.1, 0.15) is 0 Å². The summed E-state index contributed by atoms with van der Waals surface area (Å²) < 4.78 is 8.21. The first-order valence-corrected chi connectivity index (χ1v) is 12.0. The Hall–Kier alpha value is -2.43. The van der Waals surface area contributed by atoms with E-state index in [4.69, 9.17) is 4.74 Å². The zero-order valence-electron chi connectivity index (χ0n) is 17.8. The summed E-state index contributed by atoms with van der Waals surface area (Å²) >= 11 is 2.83. The van der Waals surface area contributed by atoms with Crippen LogP contribution in [-0.2, 0) is 9.53 Å². The van der Waals surface area contributed by atoms with Crippen molar-refractivity contribution in [3.63, 3.8) is 0 Å². The molecule has 0 bridgehead atoms. The lowest BCUT2D eigenvalue weighted by Gasteiger charge is -2.08. The van der Waals surface area contributed by atoms with Crippen LogP contribution in [0.1, 0.15) is 29.8 Å². The average molecular weight is 459 g/mol. The number of anilines is 2. The van der Waals surface area contributed by atoms with E-state index >= 15 is 0 Å². The Kier molecular flexibility index (Phi) is 6.89. The minimum Gasteiger partial charge on any atom is -0.376 e. The molecule has 3 heterocycles. The first-order chi connectivity index (χ1) is 15.0. The summed E-state index contributed by atoms with van der Waals surface area (Å²) in [5, 5.41) is 19.9. The molecule has 2 aromatic heterocycles. The molecule has 4 rings (SSSR count). The highest BCUT2D eigenvalue weighted by Crippen LogP contribution is 2.27. The van der Waals surface area contributed by atoms with Gasteiger partial charge in [-0.25, -0.2) is 4.68 Å². The maximum absolute atomic E-state index is 12.5. The van der Waals surface area contributed by atoms with Gasteiger partial charge in [0.15, 0.2) is 4.34 Å². The molecule has 1 atom stereocenters. The number of carbonyl (C=O) groups excluding carboxylic acids is 1. The van der Waals surface area contributed by atoms with Gasteiger partial charge in [0.05, 0.1) is 34.6 Å². The quantitative estimate of drug-likeness (QED) is 0.493. The molecule has 0 unspecified atom stereocenters. The van der Waals surface area contributed by atoms with E-state index in [0.29, 0.717) is 0 Å². The fourth-order valence-corrected chi connectivity index (χ4v) is 4.97. The number of aromatic nitrogens is 4. The van der Waals surface area contributed by atoms with E-state index in [9.17, 15) is 4.79 Å². The van der Waals surface area contributed by atoms with E-state index in [-0.39, 0.29) is 17.8 Å². The number of amides is 1. The summed E-state index contributed by atoms with van der Waals surface area (Å²) in [5.41, 5.74) is 4.60. The van der Waals surface area contributed by atoms with Crippen molar-refractivity contribution >= 4 is 39.8 Å². The number of benzene rings is 1. The molecule has 0 saturated carbocycles. The molecule has 31 heavy (non-hydrogen) atoms. The van der Waals surface area contributed by atoms with Crippen LogP contribution in [0.4, 0.5) is 10.8 Å². The van der Waals surface area contributed by atoms with Crippen molar-refractivity contribution in [1.82, 2.24) is 20.0 Å². The first kappa shape index (κ1) is 21.8. The Bertz CT molecular complexity index is 1040. The van der Waals surface area contributed by atoms with Crippen LogP contribution in [0, 0.1) is 20.8 Å². The molecule has 0 aliphatic carbocycles. The molecule has 1 aliphatic rings. The zero-order chi connectivity index (χ0) is 21.8. The molecule has 1 aliphatic heterocycles. The third-order valence-electron chi connectivity index (χ3n) is 5.07. The molecule has 0 radical (unpaired) electrons. The van der Waals surface area contributed by atoms with Crippen LogP contribution < -0.4 is 10.6 Å². The summed E-state index contributed by atoms with van der Waals surface area (Å²) in [5.74, 6) is 0.165. The number of hydrogen-bond donors (Lipinski definition) is 2. The molecule has 1 saturated heterocycles. The molecule has 2 N–H and O–H groups in total. The molecule has 1 amide bonds. The van der Waals surface area contributed by atoms with E-state index in [1.807, 2.05) is 42.8 Å². The van der Waals surface area contributed by atoms with Crippen molar-refractivity contribution in [2.45, 2.75) is 44.1 Å². The van der Waals surface area contributed by atoms with E-state index < -0.39 is 0 Å². The summed E-state index contributed by atoms with van der Waals surface area (Å²) in [7, 11) is 0. The van der Waals surface area contributed by atoms with Crippen LogP contribution in [-0.4, -0.2) is 50.9 Å². The Morgan fingerprint density at radius 2 is 2.06 bits per heavy atom. The molecule has 1 aromatic carbocycles. The molecular formula is C21H26N6O2S2. The van der Waals surface area contributed by atoms with Gasteiger partial charge in [-0.3, -0.25) is 4.79 Å². The fraction of sp³-hybridized carbons (Fsp3) is 0.429. The minimum atomic E-state index is -0.0938. The van der Waals surface area contributed by atoms with Crippen molar-refractivity contribution in [1.29, 1.82) is 0 Å². The van der Waals surface area contributed by atoms with Crippen LogP contribution in [0.25, 0.3) is 5.69 Å². The number of nitrogens with one attached hydrogen (secondary N) is 2. The smallest absolute Gasteiger partial charge is 0.234 e. The van der Waals surface area contributed by atoms with Crippen molar-refractivity contribution < 1.29 is 9.53 Å². The molecule has 3 aromatic rings. The highest BCUT2D eigenvalue weighted by Gasteiger charge is 2.17. The third kappa shape index (κ3) is 5.44. The SMILES string of the molecule is Cc1ccc(-n2nc(C)c(NC(=O)CSc3nnc(NC[C@H]4CCCO4)s3)c2C)cc1. The lowest BCUT2D eigenvalue weighted by atomic mass is 10.2. The lowest BCUT2D eigenvalue weighted by molar-refractivity contribution is -0.113. The molecule has 0 spiro atoms. The van der Waals surface area contributed by atoms with Crippen LogP contribution in [0.3, 0.4) is 0 Å². The number of ether oxygens (including phenoxy) is 1. The van der Waals surface area contributed by atoms with Crippen LogP contribution in [0.15, 0.2) is 28.6 Å². The number of thioether (sulfide) groups is 1. The topological polar surface area (TPSA) is 94.0 Å². The van der Waals surface area contributed by atoms with Crippen molar-refractivity contribution in [2.24, 2.45) is 0 Å². The third-order valence-corrected chi connectivity index (χ3v) is 7.09. The van der Waals surface area contributed by atoms with Crippen molar-refractivity contribution in [3.8, 4) is 5.69 Å². The monoisotopic (exact) mass is 458 g/mol. The van der Waals surface area contributed by atoms with Crippen LogP contribution in [0.5, 0.6) is 0 Å². The average Bonchev–Trinajstić information content (AvgIpc) is 3.49. The van der Waals surface area contributed by atoms with Gasteiger partial charge in [0.25, 0.3) is 0 Å². The molecule has 8 nitrogen and oxygen atoms in total. The Morgan fingerprint density at radius 1 is 1.26 bits per heavy atom. The van der Waals surface area contributed by atoms with Crippen molar-refractivity contribution in [3.05, 3.63) is 41.2 Å². The van der Waals surface area contributed by atoms with E-state index in [2.05, 4.69) is 32.9 Å². The number of hydrogen-bond acceptors (Lipinski definition) is 8. The number of aryl methyl sites for hydroxylation is 2. The number of nitrogens with zero attached hydrogens (tertiary/aromatic N) is 4. The van der Waals surface area contributed by atoms with Gasteiger partial charge in [-0.1, -0.05) is 40.8 Å². The second kappa shape index (κ2) is 9.80. The van der Waals surface area contributed by atoms with Gasteiger partial charge in [-0.05, 0) is 45.7 Å². The van der Waals surface area contributed by atoms with Gasteiger partial charge in [-0.2, -0.15) is 5.10 Å². The van der Waals surface area contributed by atoms with Crippen molar-refractivity contribution in [2.75, 3.05) is 29.5 Å². The predicted octanol–water partition coefficient (Wildman–Crippen LogP) is 3.97. The lowest BCUT2D eigenvalue weighted by Crippen LogP contribution is -2.18. The maximum Gasteiger partial charge on any atom is 0.234 e. The molecule has 164 valence electrons. The summed E-state index contributed by atoms with van der Waals surface area (Å²) in [4.78, 5) is 12.5. The fourth-order valence-electron chi connectivity index (χ4n) is 3.41. The van der Waals surface area contributed by atoms with Gasteiger partial charge in [0.2, 0.25) is 11.0 Å². The highest BCUT2D eigenvalue weighted by molar-refractivity contribution is 8.01. The molecular weight excluding hydrogens is 432 g/mol.